The number of rotatable bonds is 12. The van der Waals surface area contributed by atoms with Gasteiger partial charge in [0.25, 0.3) is 0 Å². The van der Waals surface area contributed by atoms with Gasteiger partial charge in [0.15, 0.2) is 0 Å². The predicted molar refractivity (Wildman–Crippen MR) is 84.1 cm³/mol. The molecule has 0 aromatic rings. The summed E-state index contributed by atoms with van der Waals surface area (Å²) in [6.45, 7) is 7.95. The van der Waals surface area contributed by atoms with Crippen molar-refractivity contribution in [2.75, 3.05) is 46.7 Å². The summed E-state index contributed by atoms with van der Waals surface area (Å²) in [5, 5.41) is 0. The highest BCUT2D eigenvalue weighted by atomic mass is 31.2. The first-order valence-corrected chi connectivity index (χ1v) is 10.6. The fourth-order valence-corrected chi connectivity index (χ4v) is 6.75. The average Bonchev–Trinajstić information content (AvgIpc) is 2.37. The zero-order valence-electron chi connectivity index (χ0n) is 13.9. The van der Waals surface area contributed by atoms with Crippen molar-refractivity contribution < 1.29 is 27.2 Å². The van der Waals surface area contributed by atoms with Crippen molar-refractivity contribution in [2.45, 2.75) is 33.5 Å². The van der Waals surface area contributed by atoms with Gasteiger partial charge in [0.2, 0.25) is 0 Å². The molecule has 0 saturated heterocycles. The van der Waals surface area contributed by atoms with Crippen molar-refractivity contribution in [3.8, 4) is 0 Å². The van der Waals surface area contributed by atoms with Crippen LogP contribution in [0.5, 0.6) is 0 Å². The summed E-state index contributed by atoms with van der Waals surface area (Å²) < 4.78 is 46.9. The second-order valence-corrected chi connectivity index (χ2v) is 8.74. The van der Waals surface area contributed by atoms with E-state index in [1.165, 1.54) is 0 Å². The van der Waals surface area contributed by atoms with E-state index in [9.17, 15) is 9.13 Å². The largest absolute Gasteiger partial charge is 0.348 e. The van der Waals surface area contributed by atoms with Crippen LogP contribution >= 0.6 is 15.2 Å². The van der Waals surface area contributed by atoms with Gasteiger partial charge in [-0.1, -0.05) is 0 Å². The van der Waals surface area contributed by atoms with Crippen LogP contribution in [-0.2, 0) is 27.2 Å². The molecule has 1 atom stereocenters. The minimum absolute atomic E-state index is 0.0427. The summed E-state index contributed by atoms with van der Waals surface area (Å²) in [5.74, 6) is -0.693. The van der Waals surface area contributed by atoms with Crippen LogP contribution < -0.4 is 0 Å². The van der Waals surface area contributed by atoms with Crippen LogP contribution in [0.25, 0.3) is 0 Å². The molecular formula is C12H29NO6P2. The topological polar surface area (TPSA) is 74.3 Å². The molecule has 0 aliphatic carbocycles. The number of hydrogen-bond donors (Lipinski definition) is 0. The Balaban J connectivity index is 5.36. The lowest BCUT2D eigenvalue weighted by atomic mass is 10.7. The van der Waals surface area contributed by atoms with E-state index < -0.39 is 21.0 Å². The van der Waals surface area contributed by atoms with Crippen LogP contribution in [0, 0.1) is 0 Å². The predicted octanol–water partition coefficient (Wildman–Crippen LogP) is 3.41. The summed E-state index contributed by atoms with van der Waals surface area (Å²) in [6.07, 6.45) is -0.0427. The maximum atomic E-state index is 12.9. The lowest BCUT2D eigenvalue weighted by Gasteiger charge is -2.32. The van der Waals surface area contributed by atoms with E-state index in [1.54, 1.807) is 46.7 Å². The summed E-state index contributed by atoms with van der Waals surface area (Å²) >= 11 is 0. The molecule has 0 aliphatic rings. The molecule has 0 rings (SSSR count). The summed E-state index contributed by atoms with van der Waals surface area (Å²) in [7, 11) is -3.32. The normalized spacial score (nSPS) is 14.6. The molecule has 21 heavy (non-hydrogen) atoms. The molecule has 128 valence electrons. The molecule has 0 N–H and O–H groups in total. The molecule has 0 spiro atoms. The van der Waals surface area contributed by atoms with Gasteiger partial charge in [-0.3, -0.25) is 14.0 Å². The van der Waals surface area contributed by atoms with Gasteiger partial charge in [-0.05, 0) is 41.8 Å². The number of nitrogens with zero attached hydrogens (tertiary/aromatic N) is 1. The molecule has 1 unspecified atom stereocenters. The summed E-state index contributed by atoms with van der Waals surface area (Å²) in [4.78, 5) is 1.68. The lowest BCUT2D eigenvalue weighted by molar-refractivity contribution is 0.181. The quantitative estimate of drug-likeness (QED) is 0.502. The Hall–Kier alpha value is 0.260. The maximum absolute atomic E-state index is 12.9. The standard InChI is InChI=1S/C12H29NO6P2/c1-7-16-20(14,17-8-2)11-12(13(5)6)21(15,18-9-3)19-10-4/h12H,7-11H2,1-6H3. The molecular weight excluding hydrogens is 316 g/mol. The highest BCUT2D eigenvalue weighted by Crippen LogP contribution is 2.60. The minimum Gasteiger partial charge on any atom is -0.309 e. The van der Waals surface area contributed by atoms with E-state index in [1.807, 2.05) is 0 Å². The van der Waals surface area contributed by atoms with Gasteiger partial charge >= 0.3 is 15.2 Å². The van der Waals surface area contributed by atoms with Gasteiger partial charge in [-0.15, -0.1) is 0 Å². The Morgan fingerprint density at radius 2 is 1.19 bits per heavy atom. The van der Waals surface area contributed by atoms with Crippen LogP contribution in [0.2, 0.25) is 0 Å². The molecule has 0 bridgehead atoms. The third kappa shape index (κ3) is 6.91. The van der Waals surface area contributed by atoms with E-state index in [-0.39, 0.29) is 32.6 Å². The van der Waals surface area contributed by atoms with E-state index >= 15 is 0 Å². The highest BCUT2D eigenvalue weighted by Gasteiger charge is 2.43. The molecule has 0 radical (unpaired) electrons. The maximum Gasteiger partial charge on any atom is 0.348 e. The molecule has 0 aromatic heterocycles. The monoisotopic (exact) mass is 345 g/mol. The van der Waals surface area contributed by atoms with E-state index in [4.69, 9.17) is 18.1 Å². The Kier molecular flexibility index (Phi) is 10.2. The third-order valence-electron chi connectivity index (χ3n) is 2.62. The van der Waals surface area contributed by atoms with E-state index in [2.05, 4.69) is 0 Å². The summed E-state index contributed by atoms with van der Waals surface area (Å²) in [5.41, 5.74) is 0. The van der Waals surface area contributed by atoms with Gasteiger partial charge in [0.05, 0.1) is 32.6 Å². The Morgan fingerprint density at radius 1 is 0.810 bits per heavy atom. The average molecular weight is 345 g/mol. The fraction of sp³-hybridized carbons (Fsp3) is 1.00. The smallest absolute Gasteiger partial charge is 0.309 e. The Morgan fingerprint density at radius 3 is 1.48 bits per heavy atom. The third-order valence-corrected chi connectivity index (χ3v) is 7.61. The second kappa shape index (κ2) is 10.1. The van der Waals surface area contributed by atoms with Crippen molar-refractivity contribution in [2.24, 2.45) is 0 Å². The molecule has 0 aromatic carbocycles. The minimum atomic E-state index is -3.44. The van der Waals surface area contributed by atoms with Crippen LogP contribution in [0.4, 0.5) is 0 Å². The van der Waals surface area contributed by atoms with Gasteiger partial charge in [0, 0.05) is 0 Å². The zero-order chi connectivity index (χ0) is 16.5. The van der Waals surface area contributed by atoms with E-state index in [0.29, 0.717) is 0 Å². The van der Waals surface area contributed by atoms with Gasteiger partial charge < -0.3 is 18.1 Å². The van der Waals surface area contributed by atoms with Gasteiger partial charge in [-0.2, -0.15) is 0 Å². The van der Waals surface area contributed by atoms with Crippen LogP contribution in [-0.4, -0.2) is 57.4 Å². The Bertz CT molecular complexity index is 357. The molecule has 0 saturated carbocycles. The Labute approximate surface area is 128 Å². The van der Waals surface area contributed by atoms with Gasteiger partial charge in [-0.25, -0.2) is 0 Å². The van der Waals surface area contributed by atoms with Crippen molar-refractivity contribution in [1.29, 1.82) is 0 Å². The fourth-order valence-electron chi connectivity index (χ4n) is 1.85. The molecule has 9 heteroatoms. The van der Waals surface area contributed by atoms with Crippen LogP contribution in [0.3, 0.4) is 0 Å². The first kappa shape index (κ1) is 21.3. The van der Waals surface area contributed by atoms with Crippen molar-refractivity contribution in [3.63, 3.8) is 0 Å². The number of hydrogen-bond acceptors (Lipinski definition) is 7. The van der Waals surface area contributed by atoms with Crippen LogP contribution in [0.15, 0.2) is 0 Å². The first-order valence-electron chi connectivity index (χ1n) is 7.21. The van der Waals surface area contributed by atoms with Gasteiger partial charge in [0.1, 0.15) is 5.78 Å². The van der Waals surface area contributed by atoms with Crippen molar-refractivity contribution >= 4 is 15.2 Å². The van der Waals surface area contributed by atoms with Crippen molar-refractivity contribution in [1.82, 2.24) is 4.90 Å². The molecule has 0 heterocycles. The second-order valence-electron chi connectivity index (χ2n) is 4.45. The molecule has 7 nitrogen and oxygen atoms in total. The van der Waals surface area contributed by atoms with E-state index in [0.717, 1.165) is 0 Å². The zero-order valence-corrected chi connectivity index (χ0v) is 15.7. The van der Waals surface area contributed by atoms with Crippen LogP contribution in [0.1, 0.15) is 27.7 Å². The highest BCUT2D eigenvalue weighted by molar-refractivity contribution is 7.58. The SMILES string of the molecule is CCOP(=O)(CC(N(C)C)P(=O)(OCC)OCC)OCC. The molecule has 0 aliphatic heterocycles. The lowest BCUT2D eigenvalue weighted by Crippen LogP contribution is -2.33. The summed E-state index contributed by atoms with van der Waals surface area (Å²) in [6, 6.07) is 0. The molecule has 0 amide bonds. The first-order chi connectivity index (χ1) is 9.78. The molecule has 0 fully saturated rings. The van der Waals surface area contributed by atoms with Crippen molar-refractivity contribution in [3.05, 3.63) is 0 Å².